The number of halogens is 1. The summed E-state index contributed by atoms with van der Waals surface area (Å²) in [6, 6.07) is 12.1. The lowest BCUT2D eigenvalue weighted by atomic mass is 10.1. The summed E-state index contributed by atoms with van der Waals surface area (Å²) in [6.07, 6.45) is 2.88. The summed E-state index contributed by atoms with van der Waals surface area (Å²) in [6.45, 7) is 5.38. The molecule has 0 atom stereocenters. The van der Waals surface area contributed by atoms with Crippen LogP contribution in [0.25, 0.3) is 0 Å². The molecule has 144 valence electrons. The fourth-order valence-corrected chi connectivity index (χ4v) is 2.89. The van der Waals surface area contributed by atoms with Crippen molar-refractivity contribution in [1.29, 1.82) is 0 Å². The van der Waals surface area contributed by atoms with Crippen LogP contribution in [0.2, 0.25) is 0 Å². The highest BCUT2D eigenvalue weighted by Crippen LogP contribution is 2.26. The number of amides is 2. The highest BCUT2D eigenvalue weighted by atomic mass is 79.9. The number of unbranched alkanes of at least 4 members (excludes halogenated alkanes) is 1. The number of hydrogen-bond donors (Lipinski definition) is 2. The Hall–Kier alpha value is -2.34. The van der Waals surface area contributed by atoms with Crippen LogP contribution >= 0.6 is 15.9 Å². The van der Waals surface area contributed by atoms with Crippen LogP contribution in [0.4, 0.5) is 5.69 Å². The second kappa shape index (κ2) is 10.7. The first-order valence-electron chi connectivity index (χ1n) is 9.17. The number of benzene rings is 2. The van der Waals surface area contributed by atoms with E-state index in [1.807, 2.05) is 6.92 Å². The molecular formula is C21H25BrN2O3. The van der Waals surface area contributed by atoms with E-state index in [2.05, 4.69) is 33.5 Å². The lowest BCUT2D eigenvalue weighted by molar-refractivity contribution is 0.0951. The fraction of sp³-hybridized carbons (Fsp3) is 0.333. The standard InChI is InChI=1S/C21H25BrN2O3/c1-3-5-11-23-20(25)15-7-6-8-17(13-15)24-21(26)16-9-10-19(18(22)14-16)27-12-4-2/h6-10,13-14H,3-5,11-12H2,1-2H3,(H,23,25)(H,24,26). The molecule has 2 aromatic rings. The summed E-state index contributed by atoms with van der Waals surface area (Å²) in [5.74, 6) is 0.320. The Balaban J connectivity index is 2.04. The van der Waals surface area contributed by atoms with Gasteiger partial charge in [0.05, 0.1) is 11.1 Å². The van der Waals surface area contributed by atoms with E-state index < -0.39 is 0 Å². The number of anilines is 1. The molecule has 0 heterocycles. The van der Waals surface area contributed by atoms with Gasteiger partial charge in [0.25, 0.3) is 11.8 Å². The average Bonchev–Trinajstić information content (AvgIpc) is 2.67. The average molecular weight is 433 g/mol. The highest BCUT2D eigenvalue weighted by Gasteiger charge is 2.11. The molecule has 2 N–H and O–H groups in total. The van der Waals surface area contributed by atoms with Crippen molar-refractivity contribution < 1.29 is 14.3 Å². The molecule has 0 radical (unpaired) electrons. The van der Waals surface area contributed by atoms with Crippen LogP contribution in [-0.4, -0.2) is 25.0 Å². The molecule has 2 rings (SSSR count). The minimum Gasteiger partial charge on any atom is -0.492 e. The molecule has 27 heavy (non-hydrogen) atoms. The SMILES string of the molecule is CCCCNC(=O)c1cccc(NC(=O)c2ccc(OCCC)c(Br)c2)c1. The molecule has 0 aliphatic heterocycles. The Morgan fingerprint density at radius 3 is 2.48 bits per heavy atom. The Morgan fingerprint density at radius 2 is 1.78 bits per heavy atom. The van der Waals surface area contributed by atoms with E-state index in [9.17, 15) is 9.59 Å². The Labute approximate surface area is 168 Å². The van der Waals surface area contributed by atoms with Crippen molar-refractivity contribution in [3.63, 3.8) is 0 Å². The molecule has 0 aromatic heterocycles. The molecule has 2 aromatic carbocycles. The molecule has 0 aliphatic carbocycles. The van der Waals surface area contributed by atoms with Crippen molar-refractivity contribution in [2.45, 2.75) is 33.1 Å². The quantitative estimate of drug-likeness (QED) is 0.546. The Kier molecular flexibility index (Phi) is 8.33. The van der Waals surface area contributed by atoms with E-state index in [-0.39, 0.29) is 11.8 Å². The summed E-state index contributed by atoms with van der Waals surface area (Å²) in [4.78, 5) is 24.7. The van der Waals surface area contributed by atoms with Crippen molar-refractivity contribution >= 4 is 33.4 Å². The van der Waals surface area contributed by atoms with E-state index in [0.717, 1.165) is 23.7 Å². The van der Waals surface area contributed by atoms with E-state index >= 15 is 0 Å². The number of nitrogens with one attached hydrogen (secondary N) is 2. The van der Waals surface area contributed by atoms with Gasteiger partial charge in [0.2, 0.25) is 0 Å². The zero-order valence-electron chi connectivity index (χ0n) is 15.7. The molecule has 6 heteroatoms. The van der Waals surface area contributed by atoms with Crippen LogP contribution in [0, 0.1) is 0 Å². The van der Waals surface area contributed by atoms with Gasteiger partial charge in [0.1, 0.15) is 5.75 Å². The van der Waals surface area contributed by atoms with E-state index in [1.165, 1.54) is 0 Å². The summed E-state index contributed by atoms with van der Waals surface area (Å²) in [7, 11) is 0. The lowest BCUT2D eigenvalue weighted by Crippen LogP contribution is -2.24. The molecule has 0 saturated carbocycles. The first kappa shape index (κ1) is 21.0. The zero-order valence-corrected chi connectivity index (χ0v) is 17.3. The lowest BCUT2D eigenvalue weighted by Gasteiger charge is -2.10. The van der Waals surface area contributed by atoms with Gasteiger partial charge in [-0.15, -0.1) is 0 Å². The first-order valence-corrected chi connectivity index (χ1v) is 9.96. The summed E-state index contributed by atoms with van der Waals surface area (Å²) < 4.78 is 6.33. The smallest absolute Gasteiger partial charge is 0.255 e. The maximum absolute atomic E-state index is 12.5. The monoisotopic (exact) mass is 432 g/mol. The molecule has 0 aliphatic rings. The maximum atomic E-state index is 12.5. The number of ether oxygens (including phenoxy) is 1. The van der Waals surface area contributed by atoms with Crippen LogP contribution in [0.15, 0.2) is 46.9 Å². The van der Waals surface area contributed by atoms with Gasteiger partial charge in [0.15, 0.2) is 0 Å². The van der Waals surface area contributed by atoms with E-state index in [1.54, 1.807) is 42.5 Å². The van der Waals surface area contributed by atoms with Gasteiger partial charge in [-0.05, 0) is 65.2 Å². The van der Waals surface area contributed by atoms with Crippen LogP contribution in [0.3, 0.4) is 0 Å². The second-order valence-corrected chi connectivity index (χ2v) is 6.99. The van der Waals surface area contributed by atoms with Crippen LogP contribution in [-0.2, 0) is 0 Å². The van der Waals surface area contributed by atoms with Crippen LogP contribution in [0.1, 0.15) is 53.8 Å². The van der Waals surface area contributed by atoms with Crippen molar-refractivity contribution in [3.05, 3.63) is 58.1 Å². The van der Waals surface area contributed by atoms with Gasteiger partial charge < -0.3 is 15.4 Å². The molecule has 0 fully saturated rings. The Bertz CT molecular complexity index is 793. The molecule has 0 saturated heterocycles. The minimum absolute atomic E-state index is 0.139. The van der Waals surface area contributed by atoms with Crippen LogP contribution in [0.5, 0.6) is 5.75 Å². The number of carbonyl (C=O) groups is 2. The van der Waals surface area contributed by atoms with Crippen LogP contribution < -0.4 is 15.4 Å². The third-order valence-electron chi connectivity index (χ3n) is 3.85. The molecule has 0 bridgehead atoms. The third kappa shape index (κ3) is 6.40. The third-order valence-corrected chi connectivity index (χ3v) is 4.47. The fourth-order valence-electron chi connectivity index (χ4n) is 2.39. The van der Waals surface area contributed by atoms with Crippen molar-refractivity contribution in [1.82, 2.24) is 5.32 Å². The summed E-state index contributed by atoms with van der Waals surface area (Å²) in [5.41, 5.74) is 1.60. The normalized spacial score (nSPS) is 10.3. The van der Waals surface area contributed by atoms with Gasteiger partial charge >= 0.3 is 0 Å². The Morgan fingerprint density at radius 1 is 1.00 bits per heavy atom. The molecular weight excluding hydrogens is 408 g/mol. The summed E-state index contributed by atoms with van der Waals surface area (Å²) in [5, 5.41) is 5.70. The van der Waals surface area contributed by atoms with Crippen molar-refractivity contribution in [2.75, 3.05) is 18.5 Å². The van der Waals surface area contributed by atoms with E-state index in [0.29, 0.717) is 35.7 Å². The number of hydrogen-bond acceptors (Lipinski definition) is 3. The molecule has 5 nitrogen and oxygen atoms in total. The molecule has 2 amide bonds. The van der Waals surface area contributed by atoms with Gasteiger partial charge in [-0.1, -0.05) is 26.3 Å². The molecule has 0 unspecified atom stereocenters. The van der Waals surface area contributed by atoms with Gasteiger partial charge in [-0.2, -0.15) is 0 Å². The predicted octanol–water partition coefficient (Wildman–Crippen LogP) is 5.02. The van der Waals surface area contributed by atoms with Crippen molar-refractivity contribution in [2.24, 2.45) is 0 Å². The number of carbonyl (C=O) groups excluding carboxylic acids is 2. The minimum atomic E-state index is -0.249. The highest BCUT2D eigenvalue weighted by molar-refractivity contribution is 9.10. The zero-order chi connectivity index (χ0) is 19.6. The largest absolute Gasteiger partial charge is 0.492 e. The van der Waals surface area contributed by atoms with Gasteiger partial charge in [-0.3, -0.25) is 9.59 Å². The first-order chi connectivity index (χ1) is 13.0. The van der Waals surface area contributed by atoms with Gasteiger partial charge in [0, 0.05) is 23.4 Å². The van der Waals surface area contributed by atoms with E-state index in [4.69, 9.17) is 4.74 Å². The topological polar surface area (TPSA) is 67.4 Å². The number of rotatable bonds is 9. The molecule has 0 spiro atoms. The van der Waals surface area contributed by atoms with Gasteiger partial charge in [-0.25, -0.2) is 0 Å². The van der Waals surface area contributed by atoms with Crippen molar-refractivity contribution in [3.8, 4) is 5.75 Å². The predicted molar refractivity (Wildman–Crippen MR) is 112 cm³/mol. The second-order valence-electron chi connectivity index (χ2n) is 6.14. The summed E-state index contributed by atoms with van der Waals surface area (Å²) >= 11 is 3.43. The maximum Gasteiger partial charge on any atom is 0.255 e.